The van der Waals surface area contributed by atoms with Gasteiger partial charge >= 0.3 is 5.97 Å². The number of fused-ring (bicyclic) bond motifs is 1. The Balaban J connectivity index is 1.21. The van der Waals surface area contributed by atoms with Crippen molar-refractivity contribution in [3.05, 3.63) is 76.7 Å². The van der Waals surface area contributed by atoms with Crippen LogP contribution in [-0.4, -0.2) is 40.2 Å². The Bertz CT molecular complexity index is 1550. The molecule has 2 aromatic carbocycles. The van der Waals surface area contributed by atoms with Crippen molar-refractivity contribution in [2.75, 3.05) is 13.7 Å². The van der Waals surface area contributed by atoms with E-state index in [-0.39, 0.29) is 17.8 Å². The molecule has 0 bridgehead atoms. The molecular weight excluding hydrogens is 555 g/mol. The third-order valence-electron chi connectivity index (χ3n) is 11.0. The molecule has 2 unspecified atom stereocenters. The number of nitrogens with zero attached hydrogens (tertiary/aromatic N) is 2. The molecule has 4 aliphatic rings. The lowest BCUT2D eigenvalue weighted by Crippen LogP contribution is -2.40. The first kappa shape index (κ1) is 29.3. The number of aromatic nitrogens is 1. The normalized spacial score (nSPS) is 22.4. The molecule has 44 heavy (non-hydrogen) atoms. The Morgan fingerprint density at radius 2 is 1.93 bits per heavy atom. The van der Waals surface area contributed by atoms with E-state index in [0.717, 1.165) is 66.8 Å². The molecule has 2 aliphatic heterocycles. The van der Waals surface area contributed by atoms with Crippen molar-refractivity contribution < 1.29 is 23.8 Å². The second-order valence-electron chi connectivity index (χ2n) is 13.6. The van der Waals surface area contributed by atoms with Gasteiger partial charge in [0, 0.05) is 23.7 Å². The fraction of sp³-hybridized carbons (Fsp3) is 0.514. The number of aliphatic carboxylic acids is 1. The molecule has 1 saturated heterocycles. The van der Waals surface area contributed by atoms with E-state index >= 15 is 4.39 Å². The first-order chi connectivity index (χ1) is 21.3. The van der Waals surface area contributed by atoms with E-state index in [0.29, 0.717) is 22.9 Å². The average Bonchev–Trinajstić information content (AvgIpc) is 3.79. The SMILES string of the molecule is COc1cc(-c2ccc(C3CCc4ccc(C(C5CCC5)[C@H](C)C(=O)O)cc4O3)cc2CN2CCCCC23CC3)c(F)cn1. The molecule has 7 heteroatoms. The Hall–Kier alpha value is -3.45. The van der Waals surface area contributed by atoms with Crippen molar-refractivity contribution >= 4 is 5.97 Å². The van der Waals surface area contributed by atoms with Gasteiger partial charge in [-0.15, -0.1) is 0 Å². The lowest BCUT2D eigenvalue weighted by atomic mass is 9.68. The lowest BCUT2D eigenvalue weighted by molar-refractivity contribution is -0.142. The summed E-state index contributed by atoms with van der Waals surface area (Å²) in [5.74, 6) is 0.128. The molecule has 3 heterocycles. The number of carboxylic acids is 1. The van der Waals surface area contributed by atoms with Gasteiger partial charge in [-0.25, -0.2) is 9.37 Å². The first-order valence-corrected chi connectivity index (χ1v) is 16.5. The van der Waals surface area contributed by atoms with Crippen LogP contribution in [0.3, 0.4) is 0 Å². The number of rotatable bonds is 9. The van der Waals surface area contributed by atoms with Crippen molar-refractivity contribution in [2.45, 2.75) is 95.2 Å². The van der Waals surface area contributed by atoms with Crippen LogP contribution in [0.2, 0.25) is 0 Å². The summed E-state index contributed by atoms with van der Waals surface area (Å²) in [7, 11) is 1.55. The quantitative estimate of drug-likeness (QED) is 0.268. The van der Waals surface area contributed by atoms with Crippen LogP contribution in [0.4, 0.5) is 4.39 Å². The van der Waals surface area contributed by atoms with Crippen molar-refractivity contribution in [3.63, 3.8) is 0 Å². The summed E-state index contributed by atoms with van der Waals surface area (Å²) >= 11 is 0. The molecule has 3 fully saturated rings. The van der Waals surface area contributed by atoms with Crippen molar-refractivity contribution in [2.24, 2.45) is 11.8 Å². The fourth-order valence-corrected chi connectivity index (χ4v) is 8.01. The molecule has 1 spiro atoms. The second kappa shape index (κ2) is 11.8. The molecule has 1 aromatic heterocycles. The van der Waals surface area contributed by atoms with Gasteiger partial charge in [0.2, 0.25) is 5.88 Å². The molecule has 2 aliphatic carbocycles. The van der Waals surface area contributed by atoms with E-state index in [1.165, 1.54) is 50.3 Å². The highest BCUT2D eigenvalue weighted by Crippen LogP contribution is 2.50. The number of hydrogen-bond donors (Lipinski definition) is 1. The van der Waals surface area contributed by atoms with Crippen LogP contribution in [0.15, 0.2) is 48.7 Å². The van der Waals surface area contributed by atoms with Crippen LogP contribution in [0.1, 0.15) is 99.0 Å². The van der Waals surface area contributed by atoms with E-state index in [1.807, 2.05) is 13.0 Å². The number of ether oxygens (including phenoxy) is 2. The molecule has 2 saturated carbocycles. The number of hydrogen-bond acceptors (Lipinski definition) is 5. The number of aryl methyl sites for hydroxylation is 1. The van der Waals surface area contributed by atoms with Gasteiger partial charge in [-0.3, -0.25) is 9.69 Å². The minimum Gasteiger partial charge on any atom is -0.485 e. The zero-order valence-corrected chi connectivity index (χ0v) is 25.9. The van der Waals surface area contributed by atoms with Gasteiger partial charge < -0.3 is 14.6 Å². The number of methoxy groups -OCH3 is 1. The topological polar surface area (TPSA) is 71.9 Å². The van der Waals surface area contributed by atoms with Gasteiger partial charge in [0.05, 0.1) is 19.2 Å². The maximum Gasteiger partial charge on any atom is 0.306 e. The molecule has 3 atom stereocenters. The monoisotopic (exact) mass is 598 g/mol. The molecule has 0 amide bonds. The van der Waals surface area contributed by atoms with Gasteiger partial charge in [-0.1, -0.05) is 50.1 Å². The van der Waals surface area contributed by atoms with E-state index in [9.17, 15) is 9.90 Å². The third-order valence-corrected chi connectivity index (χ3v) is 11.0. The molecular formula is C37H43FN2O4. The fourth-order valence-electron chi connectivity index (χ4n) is 8.01. The lowest BCUT2D eigenvalue weighted by Gasteiger charge is -2.37. The number of piperidine rings is 1. The molecule has 7 rings (SSSR count). The van der Waals surface area contributed by atoms with Gasteiger partial charge in [0.15, 0.2) is 0 Å². The first-order valence-electron chi connectivity index (χ1n) is 16.5. The summed E-state index contributed by atoms with van der Waals surface area (Å²) in [6, 6.07) is 14.4. The highest BCUT2D eigenvalue weighted by molar-refractivity contribution is 5.71. The van der Waals surface area contributed by atoms with Crippen molar-refractivity contribution in [1.82, 2.24) is 9.88 Å². The van der Waals surface area contributed by atoms with Gasteiger partial charge in [-0.2, -0.15) is 0 Å². The number of halogens is 1. The summed E-state index contributed by atoms with van der Waals surface area (Å²) in [4.78, 5) is 18.7. The molecule has 0 radical (unpaired) electrons. The minimum atomic E-state index is -0.740. The summed E-state index contributed by atoms with van der Waals surface area (Å²) in [6.45, 7) is 3.68. The van der Waals surface area contributed by atoms with Crippen LogP contribution in [-0.2, 0) is 17.8 Å². The summed E-state index contributed by atoms with van der Waals surface area (Å²) in [5.41, 5.74) is 6.13. The van der Waals surface area contributed by atoms with Crippen LogP contribution in [0.5, 0.6) is 11.6 Å². The van der Waals surface area contributed by atoms with Gasteiger partial charge in [-0.05, 0) is 104 Å². The average molecular weight is 599 g/mol. The zero-order valence-electron chi connectivity index (χ0n) is 25.9. The largest absolute Gasteiger partial charge is 0.485 e. The number of carbonyl (C=O) groups is 1. The Morgan fingerprint density at radius 3 is 2.66 bits per heavy atom. The van der Waals surface area contributed by atoms with E-state index in [2.05, 4.69) is 40.2 Å². The molecule has 3 aromatic rings. The molecule has 232 valence electrons. The minimum absolute atomic E-state index is 0.00653. The highest BCUT2D eigenvalue weighted by atomic mass is 19.1. The Kier molecular flexibility index (Phi) is 7.86. The number of benzene rings is 2. The van der Waals surface area contributed by atoms with Crippen molar-refractivity contribution in [1.29, 1.82) is 0 Å². The Morgan fingerprint density at radius 1 is 1.09 bits per heavy atom. The maximum absolute atomic E-state index is 15.2. The zero-order chi connectivity index (χ0) is 30.4. The van der Waals surface area contributed by atoms with Crippen LogP contribution in [0.25, 0.3) is 11.1 Å². The van der Waals surface area contributed by atoms with E-state index < -0.39 is 11.9 Å². The molecule has 1 N–H and O–H groups in total. The van der Waals surface area contributed by atoms with Crippen LogP contribution < -0.4 is 9.47 Å². The number of pyridine rings is 1. The molecule has 6 nitrogen and oxygen atoms in total. The predicted octanol–water partition coefficient (Wildman–Crippen LogP) is 8.09. The Labute approximate surface area is 259 Å². The van der Waals surface area contributed by atoms with Crippen molar-refractivity contribution in [3.8, 4) is 22.8 Å². The van der Waals surface area contributed by atoms with Crippen LogP contribution in [0, 0.1) is 17.7 Å². The summed E-state index contributed by atoms with van der Waals surface area (Å²) < 4.78 is 27.3. The number of likely N-dealkylation sites (tertiary alicyclic amines) is 1. The summed E-state index contributed by atoms with van der Waals surface area (Å²) in [5, 5.41) is 9.87. The predicted molar refractivity (Wildman–Crippen MR) is 167 cm³/mol. The maximum atomic E-state index is 15.2. The second-order valence-corrected chi connectivity index (χ2v) is 13.6. The smallest absolute Gasteiger partial charge is 0.306 e. The van der Waals surface area contributed by atoms with E-state index in [4.69, 9.17) is 9.47 Å². The van der Waals surface area contributed by atoms with Crippen LogP contribution >= 0.6 is 0 Å². The third kappa shape index (κ3) is 5.48. The summed E-state index contributed by atoms with van der Waals surface area (Å²) in [6.07, 6.45) is 12.4. The van der Waals surface area contributed by atoms with E-state index in [1.54, 1.807) is 13.2 Å². The van der Waals surface area contributed by atoms with Gasteiger partial charge in [0.1, 0.15) is 17.7 Å². The number of carboxylic acid groups (broad SMARTS) is 1. The highest BCUT2D eigenvalue weighted by Gasteiger charge is 2.48. The standard InChI is InChI=1S/C37H43FN2O4/c1-23(36(41)42)35(25-6-5-7-25)27-9-8-24-11-13-32(44-33(24)19-27)26-10-12-29(30-20-34(43-2)39-21-31(30)38)28(18-26)22-40-17-4-3-14-37(40)15-16-37/h8-10,12,18-21,23,25,32,35H,3-7,11,13-17,22H2,1-2H3,(H,41,42)/t23-,32?,35?/m0/s1. The van der Waals surface area contributed by atoms with Gasteiger partial charge in [0.25, 0.3) is 0 Å².